The van der Waals surface area contributed by atoms with E-state index in [1.165, 1.54) is 6.07 Å². The van der Waals surface area contributed by atoms with Crippen molar-refractivity contribution in [1.82, 2.24) is 0 Å². The van der Waals surface area contributed by atoms with Crippen molar-refractivity contribution >= 4 is 0 Å². The van der Waals surface area contributed by atoms with Gasteiger partial charge in [0, 0.05) is 17.9 Å². The van der Waals surface area contributed by atoms with Crippen molar-refractivity contribution in [2.24, 2.45) is 11.1 Å². The zero-order chi connectivity index (χ0) is 15.3. The molecular formula is C15H17F4NO. The molecule has 0 aromatic heterocycles. The first-order chi connectivity index (χ1) is 9.83. The van der Waals surface area contributed by atoms with E-state index in [-0.39, 0.29) is 23.3 Å². The molecule has 2 unspecified atom stereocenters. The van der Waals surface area contributed by atoms with Crippen LogP contribution in [0.1, 0.15) is 37.7 Å². The molecule has 1 aromatic carbocycles. The van der Waals surface area contributed by atoms with Crippen LogP contribution in [0.4, 0.5) is 17.6 Å². The molecule has 116 valence electrons. The highest BCUT2D eigenvalue weighted by molar-refractivity contribution is 5.32. The van der Waals surface area contributed by atoms with Gasteiger partial charge in [-0.15, -0.1) is 0 Å². The maximum atomic E-state index is 13.3. The van der Waals surface area contributed by atoms with Crippen LogP contribution < -0.4 is 10.5 Å². The van der Waals surface area contributed by atoms with Gasteiger partial charge in [0.2, 0.25) is 0 Å². The van der Waals surface area contributed by atoms with Gasteiger partial charge in [-0.05, 0) is 31.0 Å². The Kier molecular flexibility index (Phi) is 3.39. The second kappa shape index (κ2) is 4.87. The molecule has 1 aromatic rings. The van der Waals surface area contributed by atoms with Crippen molar-refractivity contribution in [3.05, 3.63) is 29.6 Å². The lowest BCUT2D eigenvalue weighted by molar-refractivity contribution is -0.140. The molecule has 6 heteroatoms. The van der Waals surface area contributed by atoms with Crippen LogP contribution in [-0.2, 0) is 6.18 Å². The van der Waals surface area contributed by atoms with Gasteiger partial charge in [-0.2, -0.15) is 13.2 Å². The Bertz CT molecular complexity index is 537. The van der Waals surface area contributed by atoms with E-state index >= 15 is 0 Å². The topological polar surface area (TPSA) is 35.2 Å². The lowest BCUT2D eigenvalue weighted by Gasteiger charge is -2.52. The van der Waals surface area contributed by atoms with Crippen molar-refractivity contribution < 1.29 is 22.3 Å². The third-order valence-corrected chi connectivity index (χ3v) is 4.90. The Morgan fingerprint density at radius 3 is 2.43 bits per heavy atom. The highest BCUT2D eigenvalue weighted by Gasteiger charge is 2.56. The quantitative estimate of drug-likeness (QED) is 0.841. The van der Waals surface area contributed by atoms with Crippen LogP contribution in [0.2, 0.25) is 0 Å². The highest BCUT2D eigenvalue weighted by atomic mass is 19.4. The van der Waals surface area contributed by atoms with Crippen LogP contribution in [0.15, 0.2) is 18.2 Å². The first-order valence-corrected chi connectivity index (χ1v) is 7.12. The fraction of sp³-hybridized carbons (Fsp3) is 0.600. The molecule has 1 spiro atoms. The van der Waals surface area contributed by atoms with Gasteiger partial charge >= 0.3 is 6.18 Å². The fourth-order valence-corrected chi connectivity index (χ4v) is 3.63. The normalized spacial score (nSPS) is 27.7. The van der Waals surface area contributed by atoms with E-state index in [4.69, 9.17) is 10.5 Å². The van der Waals surface area contributed by atoms with E-state index in [2.05, 4.69) is 0 Å². The minimum atomic E-state index is -4.72. The number of nitrogens with two attached hydrogens (primary N) is 1. The molecule has 3 rings (SSSR count). The number of ether oxygens (including phenoxy) is 1. The standard InChI is InChI=1S/C15H17F4NO/c16-11-4-3-9(7-10(11)15(17,18)19)21-13-8-12(20)14(13)5-1-2-6-14/h3-4,7,12-13H,1-2,5-6,8,20H2. The average Bonchev–Trinajstić information content (AvgIpc) is 2.91. The molecule has 0 saturated heterocycles. The molecule has 0 amide bonds. The lowest BCUT2D eigenvalue weighted by atomic mass is 9.61. The zero-order valence-corrected chi connectivity index (χ0v) is 11.4. The van der Waals surface area contributed by atoms with E-state index in [1.54, 1.807) is 0 Å². The molecule has 21 heavy (non-hydrogen) atoms. The summed E-state index contributed by atoms with van der Waals surface area (Å²) in [6.45, 7) is 0. The predicted octanol–water partition coefficient (Wildman–Crippen LogP) is 3.88. The van der Waals surface area contributed by atoms with Gasteiger partial charge in [0.1, 0.15) is 17.7 Å². The van der Waals surface area contributed by atoms with Gasteiger partial charge in [0.05, 0.1) is 5.56 Å². The van der Waals surface area contributed by atoms with Crippen LogP contribution in [0.3, 0.4) is 0 Å². The fourth-order valence-electron chi connectivity index (χ4n) is 3.63. The molecule has 0 aliphatic heterocycles. The van der Waals surface area contributed by atoms with Crippen molar-refractivity contribution in [3.8, 4) is 5.75 Å². The predicted molar refractivity (Wildman–Crippen MR) is 69.3 cm³/mol. The van der Waals surface area contributed by atoms with E-state index in [0.717, 1.165) is 37.8 Å². The van der Waals surface area contributed by atoms with Crippen LogP contribution in [-0.4, -0.2) is 12.1 Å². The van der Waals surface area contributed by atoms with Crippen molar-refractivity contribution in [3.63, 3.8) is 0 Å². The van der Waals surface area contributed by atoms with E-state index in [1.807, 2.05) is 0 Å². The second-order valence-corrected chi connectivity index (χ2v) is 6.03. The Morgan fingerprint density at radius 1 is 1.19 bits per heavy atom. The van der Waals surface area contributed by atoms with Gasteiger partial charge in [0.15, 0.2) is 0 Å². The van der Waals surface area contributed by atoms with Crippen molar-refractivity contribution in [2.45, 2.75) is 50.4 Å². The summed E-state index contributed by atoms with van der Waals surface area (Å²) in [4.78, 5) is 0. The van der Waals surface area contributed by atoms with Gasteiger partial charge in [-0.3, -0.25) is 0 Å². The molecular weight excluding hydrogens is 286 g/mol. The lowest BCUT2D eigenvalue weighted by Crippen LogP contribution is -2.62. The molecule has 2 aliphatic carbocycles. The maximum Gasteiger partial charge on any atom is 0.419 e. The molecule has 2 atom stereocenters. The number of rotatable bonds is 2. The number of hydrogen-bond donors (Lipinski definition) is 1. The Morgan fingerprint density at radius 2 is 1.86 bits per heavy atom. The Hall–Kier alpha value is -1.30. The van der Waals surface area contributed by atoms with Crippen LogP contribution in [0.25, 0.3) is 0 Å². The monoisotopic (exact) mass is 303 g/mol. The summed E-state index contributed by atoms with van der Waals surface area (Å²) in [6, 6.07) is 2.84. The Balaban J connectivity index is 1.80. The maximum absolute atomic E-state index is 13.3. The molecule has 2 N–H and O–H groups in total. The molecule has 2 nitrogen and oxygen atoms in total. The largest absolute Gasteiger partial charge is 0.490 e. The number of hydrogen-bond acceptors (Lipinski definition) is 2. The van der Waals surface area contributed by atoms with Crippen LogP contribution >= 0.6 is 0 Å². The van der Waals surface area contributed by atoms with Crippen molar-refractivity contribution in [1.29, 1.82) is 0 Å². The summed E-state index contributed by atoms with van der Waals surface area (Å²) in [6.07, 6.45) is -0.196. The smallest absolute Gasteiger partial charge is 0.419 e. The van der Waals surface area contributed by atoms with Gasteiger partial charge in [-0.25, -0.2) is 4.39 Å². The van der Waals surface area contributed by atoms with Gasteiger partial charge in [0.25, 0.3) is 0 Å². The van der Waals surface area contributed by atoms with E-state index in [9.17, 15) is 17.6 Å². The molecule has 0 heterocycles. The third kappa shape index (κ3) is 2.39. The summed E-state index contributed by atoms with van der Waals surface area (Å²) in [5, 5.41) is 0. The summed E-state index contributed by atoms with van der Waals surface area (Å²) in [5.41, 5.74) is 4.67. The number of halogens is 4. The molecule has 0 radical (unpaired) electrons. The molecule has 2 aliphatic rings. The first-order valence-electron chi connectivity index (χ1n) is 7.12. The third-order valence-electron chi connectivity index (χ3n) is 4.90. The second-order valence-electron chi connectivity index (χ2n) is 6.03. The average molecular weight is 303 g/mol. The summed E-state index contributed by atoms with van der Waals surface area (Å²) in [7, 11) is 0. The molecule has 0 bridgehead atoms. The highest BCUT2D eigenvalue weighted by Crippen LogP contribution is 2.53. The summed E-state index contributed by atoms with van der Waals surface area (Å²) < 4.78 is 57.1. The Labute approximate surface area is 120 Å². The van der Waals surface area contributed by atoms with Gasteiger partial charge in [-0.1, -0.05) is 12.8 Å². The van der Waals surface area contributed by atoms with E-state index < -0.39 is 17.6 Å². The van der Waals surface area contributed by atoms with Crippen molar-refractivity contribution in [2.75, 3.05) is 0 Å². The summed E-state index contributed by atoms with van der Waals surface area (Å²) >= 11 is 0. The minimum absolute atomic E-state index is 0.0486. The minimum Gasteiger partial charge on any atom is -0.490 e. The molecule has 2 saturated carbocycles. The molecule has 2 fully saturated rings. The first kappa shape index (κ1) is 14.6. The summed E-state index contributed by atoms with van der Waals surface area (Å²) in [5.74, 6) is -1.22. The van der Waals surface area contributed by atoms with Crippen LogP contribution in [0.5, 0.6) is 5.75 Å². The number of benzene rings is 1. The SMILES string of the molecule is NC1CC(Oc2ccc(F)c(C(F)(F)F)c2)C12CCCC2. The van der Waals surface area contributed by atoms with Gasteiger partial charge < -0.3 is 10.5 Å². The van der Waals surface area contributed by atoms with Crippen LogP contribution in [0, 0.1) is 11.2 Å². The van der Waals surface area contributed by atoms with E-state index in [0.29, 0.717) is 6.42 Å². The zero-order valence-electron chi connectivity index (χ0n) is 11.4. The number of alkyl halides is 3.